The Balaban J connectivity index is 0.000000286. The summed E-state index contributed by atoms with van der Waals surface area (Å²) in [7, 11) is 1.60. The van der Waals surface area contributed by atoms with Crippen LogP contribution >= 0.6 is 23.2 Å². The molecule has 2 aromatic heterocycles. The Morgan fingerprint density at radius 1 is 0.966 bits per heavy atom. The van der Waals surface area contributed by atoms with Gasteiger partial charge in [-0.3, -0.25) is 4.98 Å². The molecule has 2 aliphatic carbocycles. The molecule has 0 saturated heterocycles. The third-order valence-corrected chi connectivity index (χ3v) is 5.26. The minimum absolute atomic E-state index is 0.431. The summed E-state index contributed by atoms with van der Waals surface area (Å²) >= 11 is 12.4. The minimum Gasteiger partial charge on any atom is -0.497 e. The molecule has 3 aromatic rings. The Bertz CT molecular complexity index is 1230. The van der Waals surface area contributed by atoms with Crippen LogP contribution in [0.1, 0.15) is 17.0 Å². The summed E-state index contributed by atoms with van der Waals surface area (Å²) in [5, 5.41) is 11.0. The Labute approximate surface area is 178 Å². The average Bonchev–Trinajstić information content (AvgIpc) is 3.35. The van der Waals surface area contributed by atoms with Crippen LogP contribution in [0.2, 0.25) is 10.0 Å². The highest BCUT2D eigenvalue weighted by molar-refractivity contribution is 6.35. The fourth-order valence-electron chi connectivity index (χ4n) is 3.00. The molecule has 0 unspecified atom stereocenters. The minimum atomic E-state index is 0.431. The van der Waals surface area contributed by atoms with Crippen molar-refractivity contribution in [2.45, 2.75) is 6.42 Å². The van der Waals surface area contributed by atoms with Crippen LogP contribution in [0.5, 0.6) is 5.75 Å². The molecule has 0 atom stereocenters. The topological polar surface area (TPSA) is 47.9 Å². The third kappa shape index (κ3) is 4.02. The summed E-state index contributed by atoms with van der Waals surface area (Å²) in [6.45, 7) is 0. The van der Waals surface area contributed by atoms with Crippen LogP contribution < -0.4 is 4.74 Å². The Hall–Kier alpha value is -3.13. The van der Waals surface area contributed by atoms with Gasteiger partial charge in [-0.05, 0) is 46.9 Å². The van der Waals surface area contributed by atoms with Crippen molar-refractivity contribution in [2.75, 3.05) is 7.11 Å². The molecule has 0 aliphatic heterocycles. The van der Waals surface area contributed by atoms with Gasteiger partial charge in [0, 0.05) is 29.6 Å². The van der Waals surface area contributed by atoms with Crippen molar-refractivity contribution in [1.29, 1.82) is 0 Å². The van der Waals surface area contributed by atoms with Gasteiger partial charge in [0.25, 0.3) is 0 Å². The first-order valence-electron chi connectivity index (χ1n) is 8.79. The van der Waals surface area contributed by atoms with E-state index in [0.717, 1.165) is 22.0 Å². The van der Waals surface area contributed by atoms with E-state index in [1.165, 1.54) is 11.1 Å². The quantitative estimate of drug-likeness (QED) is 0.358. The molecule has 0 radical (unpaired) electrons. The average molecular weight is 420 g/mol. The van der Waals surface area contributed by atoms with Gasteiger partial charge in [-0.2, -0.15) is 5.10 Å². The van der Waals surface area contributed by atoms with E-state index in [9.17, 15) is 0 Å². The number of methoxy groups -OCH3 is 1. The summed E-state index contributed by atoms with van der Waals surface area (Å²) < 4.78 is 5.25. The first-order chi connectivity index (χ1) is 14.1. The fourth-order valence-corrected chi connectivity index (χ4v) is 3.50. The highest BCUT2D eigenvalue weighted by Crippen LogP contribution is 2.32. The second-order valence-electron chi connectivity index (χ2n) is 6.39. The molecule has 2 heterocycles. The normalized spacial score (nSPS) is 10.7. The first kappa shape index (κ1) is 19.2. The van der Waals surface area contributed by atoms with Crippen molar-refractivity contribution in [3.05, 3.63) is 81.9 Å². The molecule has 0 saturated carbocycles. The van der Waals surface area contributed by atoms with Crippen LogP contribution in [-0.4, -0.2) is 22.3 Å². The van der Waals surface area contributed by atoms with Gasteiger partial charge in [0.1, 0.15) is 11.4 Å². The number of nitrogens with zero attached hydrogens (tertiary/aromatic N) is 3. The predicted molar refractivity (Wildman–Crippen MR) is 117 cm³/mol. The number of rotatable bonds is 3. The molecule has 142 valence electrons. The van der Waals surface area contributed by atoms with Gasteiger partial charge in [-0.25, -0.2) is 0 Å². The molecule has 0 N–H and O–H groups in total. The lowest BCUT2D eigenvalue weighted by atomic mass is 10.0. The van der Waals surface area contributed by atoms with Crippen LogP contribution in [-0.2, 0) is 6.42 Å². The summed E-state index contributed by atoms with van der Waals surface area (Å²) in [4.78, 5) is 3.96. The lowest BCUT2D eigenvalue weighted by Crippen LogP contribution is -2.01. The maximum atomic E-state index is 6.19. The SMILES string of the molecule is C#Cc1nnc(Cc2c(Cl)cncc2Cl)c2ccc(OC)cc12.c1cc2cc-2c1. The van der Waals surface area contributed by atoms with Gasteiger partial charge in [0.05, 0.1) is 22.8 Å². The van der Waals surface area contributed by atoms with Crippen molar-refractivity contribution < 1.29 is 4.74 Å². The van der Waals surface area contributed by atoms with E-state index in [0.29, 0.717) is 27.9 Å². The van der Waals surface area contributed by atoms with Crippen molar-refractivity contribution in [1.82, 2.24) is 15.2 Å². The molecule has 0 fully saturated rings. The molecular weight excluding hydrogens is 405 g/mol. The maximum absolute atomic E-state index is 6.19. The maximum Gasteiger partial charge on any atom is 0.143 e. The van der Waals surface area contributed by atoms with Gasteiger partial charge in [-0.15, -0.1) is 11.5 Å². The monoisotopic (exact) mass is 419 g/mol. The molecule has 2 aliphatic rings. The number of aromatic nitrogens is 3. The Morgan fingerprint density at radius 3 is 2.24 bits per heavy atom. The van der Waals surface area contributed by atoms with Crippen LogP contribution in [0.15, 0.2) is 54.9 Å². The van der Waals surface area contributed by atoms with Crippen molar-refractivity contribution in [3.63, 3.8) is 0 Å². The second-order valence-corrected chi connectivity index (χ2v) is 7.20. The lowest BCUT2D eigenvalue weighted by molar-refractivity contribution is 0.415. The lowest BCUT2D eigenvalue weighted by Gasteiger charge is -2.10. The van der Waals surface area contributed by atoms with Crippen LogP contribution in [0.25, 0.3) is 21.9 Å². The third-order valence-electron chi connectivity index (χ3n) is 4.61. The number of hydrogen-bond acceptors (Lipinski definition) is 4. The highest BCUT2D eigenvalue weighted by atomic mass is 35.5. The van der Waals surface area contributed by atoms with Crippen molar-refractivity contribution in [3.8, 4) is 29.2 Å². The standard InChI is InChI=1S/C17H11Cl2N3O.C6H4/c1-3-16-12-6-10(23-2)4-5-11(12)17(22-21-16)7-13-14(18)8-20-9-15(13)19;1-2-5-4-6(5)3-1/h1,4-6,8-9H,7H2,2H3;1-4H. The molecular formula is C23H15Cl2N3O. The number of benzene rings is 2. The molecule has 29 heavy (non-hydrogen) atoms. The number of pyridine rings is 1. The molecule has 5 rings (SSSR count). The zero-order valence-corrected chi connectivity index (χ0v) is 17.0. The van der Waals surface area contributed by atoms with E-state index in [1.807, 2.05) is 18.2 Å². The smallest absolute Gasteiger partial charge is 0.143 e. The summed E-state index contributed by atoms with van der Waals surface area (Å²) in [5.74, 6) is 3.25. The Morgan fingerprint density at radius 2 is 1.69 bits per heavy atom. The fraction of sp³-hybridized carbons (Fsp3) is 0.0870. The van der Waals surface area contributed by atoms with Crippen LogP contribution in [0.4, 0.5) is 0 Å². The molecule has 0 amide bonds. The van der Waals surface area contributed by atoms with E-state index in [2.05, 4.69) is 45.4 Å². The Kier molecular flexibility index (Phi) is 5.35. The van der Waals surface area contributed by atoms with Gasteiger partial charge in [0.2, 0.25) is 0 Å². The van der Waals surface area contributed by atoms with E-state index in [-0.39, 0.29) is 0 Å². The summed E-state index contributed by atoms with van der Waals surface area (Å²) in [6, 6.07) is 14.1. The summed E-state index contributed by atoms with van der Waals surface area (Å²) in [5.41, 5.74) is 4.81. The van der Waals surface area contributed by atoms with Crippen LogP contribution in [0, 0.1) is 12.3 Å². The van der Waals surface area contributed by atoms with E-state index in [4.69, 9.17) is 34.4 Å². The summed E-state index contributed by atoms with van der Waals surface area (Å²) in [6.07, 6.45) is 9.05. The van der Waals surface area contributed by atoms with E-state index in [1.54, 1.807) is 19.5 Å². The molecule has 4 nitrogen and oxygen atoms in total. The van der Waals surface area contributed by atoms with Crippen molar-refractivity contribution >= 4 is 34.0 Å². The second kappa shape index (κ2) is 8.08. The van der Waals surface area contributed by atoms with Gasteiger partial charge < -0.3 is 4.74 Å². The number of halogens is 2. The highest BCUT2D eigenvalue weighted by Gasteiger charge is 2.14. The number of terminal acetylenes is 1. The number of hydrogen-bond donors (Lipinski definition) is 0. The van der Waals surface area contributed by atoms with E-state index >= 15 is 0 Å². The number of ether oxygens (including phenoxy) is 1. The van der Waals surface area contributed by atoms with E-state index < -0.39 is 0 Å². The first-order valence-corrected chi connectivity index (χ1v) is 9.54. The van der Waals surface area contributed by atoms with Crippen LogP contribution in [0.3, 0.4) is 0 Å². The zero-order valence-electron chi connectivity index (χ0n) is 15.5. The molecule has 0 bridgehead atoms. The predicted octanol–water partition coefficient (Wildman–Crippen LogP) is 5.58. The molecule has 6 heteroatoms. The number of fused-ring (bicyclic) bond motifs is 2. The van der Waals surface area contributed by atoms with Gasteiger partial charge in [0.15, 0.2) is 0 Å². The largest absolute Gasteiger partial charge is 0.497 e. The molecule has 0 spiro atoms. The van der Waals surface area contributed by atoms with Crippen molar-refractivity contribution in [2.24, 2.45) is 0 Å². The van der Waals surface area contributed by atoms with Gasteiger partial charge in [-0.1, -0.05) is 41.4 Å². The molecule has 1 aromatic carbocycles. The van der Waals surface area contributed by atoms with Gasteiger partial charge >= 0.3 is 0 Å². The zero-order chi connectivity index (χ0) is 20.4.